The lowest BCUT2D eigenvalue weighted by Crippen LogP contribution is -2.49. The van der Waals surface area contributed by atoms with Crippen molar-refractivity contribution in [2.24, 2.45) is 0 Å². The fourth-order valence-corrected chi connectivity index (χ4v) is 11.1. The maximum absolute atomic E-state index is 5.39. The van der Waals surface area contributed by atoms with Crippen molar-refractivity contribution in [2.75, 3.05) is 0 Å². The first-order valence-electron chi connectivity index (χ1n) is 16.9. The Bertz CT molecular complexity index is 2500. The first-order valence-corrected chi connectivity index (χ1v) is 19.9. The minimum absolute atomic E-state index is 0.754. The van der Waals surface area contributed by atoms with E-state index in [-0.39, 0.29) is 0 Å². The highest BCUT2D eigenvalue weighted by Crippen LogP contribution is 2.38. The first-order chi connectivity index (χ1) is 24.0. The molecule has 8 aromatic rings. The van der Waals surface area contributed by atoms with Gasteiger partial charge in [0.15, 0.2) is 5.82 Å². The van der Waals surface area contributed by atoms with Gasteiger partial charge in [-0.1, -0.05) is 165 Å². The van der Waals surface area contributed by atoms with Gasteiger partial charge >= 0.3 is 0 Å². The Hall–Kier alpha value is -5.90. The molecule has 0 amide bonds. The van der Waals surface area contributed by atoms with E-state index in [9.17, 15) is 0 Å². The van der Waals surface area contributed by atoms with E-state index in [2.05, 4.69) is 177 Å². The van der Waals surface area contributed by atoms with E-state index < -0.39 is 8.07 Å². The summed E-state index contributed by atoms with van der Waals surface area (Å²) >= 11 is 0. The van der Waals surface area contributed by atoms with E-state index in [1.165, 1.54) is 60.3 Å². The van der Waals surface area contributed by atoms with Gasteiger partial charge in [-0.25, -0.2) is 9.97 Å². The summed E-state index contributed by atoms with van der Waals surface area (Å²) in [6.45, 7) is 4.95. The highest BCUT2D eigenvalue weighted by atomic mass is 28.3. The summed E-state index contributed by atoms with van der Waals surface area (Å²) in [6.07, 6.45) is 0. The van der Waals surface area contributed by atoms with E-state index in [1.54, 1.807) is 0 Å². The van der Waals surface area contributed by atoms with Gasteiger partial charge in [-0.2, -0.15) is 0 Å². The Labute approximate surface area is 288 Å². The Kier molecular flexibility index (Phi) is 6.96. The van der Waals surface area contributed by atoms with Crippen molar-refractivity contribution in [3.05, 3.63) is 170 Å². The summed E-state index contributed by atoms with van der Waals surface area (Å²) in [5, 5.41) is 4.11. The molecule has 0 fully saturated rings. The van der Waals surface area contributed by atoms with Crippen LogP contribution in [0, 0.1) is 0 Å². The molecule has 1 aliphatic heterocycles. The first kappa shape index (κ1) is 29.3. The van der Waals surface area contributed by atoms with Gasteiger partial charge in [0.05, 0.1) is 11.2 Å². The van der Waals surface area contributed by atoms with Crippen LogP contribution >= 0.6 is 0 Å². The van der Waals surface area contributed by atoms with Crippen LogP contribution in [0.4, 0.5) is 0 Å². The van der Waals surface area contributed by atoms with Gasteiger partial charge in [-0.05, 0) is 73.1 Å². The third-order valence-electron chi connectivity index (χ3n) is 10.1. The minimum atomic E-state index is -2.04. The van der Waals surface area contributed by atoms with Gasteiger partial charge in [0.1, 0.15) is 8.07 Å². The van der Waals surface area contributed by atoms with Crippen LogP contribution in [0.3, 0.4) is 0 Å². The molecule has 9 rings (SSSR count). The fourth-order valence-electron chi connectivity index (χ4n) is 7.63. The molecule has 0 atom stereocenters. The average molecular weight is 643 g/mol. The van der Waals surface area contributed by atoms with Crippen LogP contribution in [0.1, 0.15) is 0 Å². The molecule has 232 valence electrons. The zero-order valence-electron chi connectivity index (χ0n) is 27.6. The molecule has 0 radical (unpaired) electrons. The van der Waals surface area contributed by atoms with Crippen LogP contribution < -0.4 is 10.4 Å². The maximum Gasteiger partial charge on any atom is 0.160 e. The van der Waals surface area contributed by atoms with Gasteiger partial charge in [0.25, 0.3) is 0 Å². The van der Waals surface area contributed by atoms with Crippen LogP contribution in [0.25, 0.3) is 78.1 Å². The Balaban J connectivity index is 1.19. The lowest BCUT2D eigenvalue weighted by molar-refractivity contribution is 1.23. The molecule has 0 saturated heterocycles. The molecule has 2 nitrogen and oxygen atoms in total. The summed E-state index contributed by atoms with van der Waals surface area (Å²) in [6, 6.07) is 61.0. The number of hydrogen-bond donors (Lipinski definition) is 0. The summed E-state index contributed by atoms with van der Waals surface area (Å²) < 4.78 is 0. The molecule has 0 bridgehead atoms. The standard InChI is InChI=1S/C46H34N2Si/c1-49(2)42-22-10-9-21-39(42)40-27-28-41-43(45(40)49)44(48-46(47-41)34-15-7-4-8-16-34)38-20-12-19-37(30-38)36-18-11-17-35(29-36)33-25-23-32(24-26-33)31-13-5-3-6-14-31/h3-30H,1-2H3. The molecule has 1 aliphatic rings. The van der Waals surface area contributed by atoms with Crippen molar-refractivity contribution in [2.45, 2.75) is 13.1 Å². The molecule has 49 heavy (non-hydrogen) atoms. The van der Waals surface area contributed by atoms with Crippen molar-refractivity contribution in [3.8, 4) is 67.2 Å². The number of aromatic nitrogens is 2. The van der Waals surface area contributed by atoms with Crippen LogP contribution in [-0.4, -0.2) is 18.0 Å². The van der Waals surface area contributed by atoms with Gasteiger partial charge in [-0.15, -0.1) is 0 Å². The number of rotatable bonds is 5. The van der Waals surface area contributed by atoms with Crippen molar-refractivity contribution < 1.29 is 0 Å². The Morgan fingerprint density at radius 3 is 1.59 bits per heavy atom. The molecule has 0 unspecified atom stereocenters. The SMILES string of the molecule is C[Si]1(C)c2ccccc2-c2ccc3nc(-c4ccccc4)nc(-c4cccc(-c5cccc(-c6ccc(-c7ccccc7)cc6)c5)c4)c3c21. The molecule has 7 aromatic carbocycles. The van der Waals surface area contributed by atoms with E-state index in [1.807, 2.05) is 6.07 Å². The molecule has 0 N–H and O–H groups in total. The van der Waals surface area contributed by atoms with Gasteiger partial charge in [0, 0.05) is 16.5 Å². The third-order valence-corrected chi connectivity index (χ3v) is 13.6. The number of benzene rings is 7. The van der Waals surface area contributed by atoms with Crippen molar-refractivity contribution >= 4 is 29.4 Å². The number of nitrogens with zero attached hydrogens (tertiary/aromatic N) is 2. The molecule has 0 saturated carbocycles. The second-order valence-electron chi connectivity index (χ2n) is 13.4. The molecular weight excluding hydrogens is 609 g/mol. The quantitative estimate of drug-likeness (QED) is 0.175. The summed E-state index contributed by atoms with van der Waals surface area (Å²) in [7, 11) is -2.04. The van der Waals surface area contributed by atoms with Crippen molar-refractivity contribution in [1.82, 2.24) is 9.97 Å². The lowest BCUT2D eigenvalue weighted by Gasteiger charge is -2.22. The maximum atomic E-state index is 5.39. The highest BCUT2D eigenvalue weighted by molar-refractivity contribution is 7.05. The lowest BCUT2D eigenvalue weighted by atomic mass is 9.95. The molecule has 2 heterocycles. The Morgan fingerprint density at radius 2 is 0.898 bits per heavy atom. The van der Waals surface area contributed by atoms with Crippen molar-refractivity contribution in [3.63, 3.8) is 0 Å². The topological polar surface area (TPSA) is 25.8 Å². The summed E-state index contributed by atoms with van der Waals surface area (Å²) in [5.41, 5.74) is 14.0. The number of fused-ring (bicyclic) bond motifs is 5. The number of hydrogen-bond acceptors (Lipinski definition) is 2. The van der Waals surface area contributed by atoms with Crippen LogP contribution in [0.5, 0.6) is 0 Å². The zero-order chi connectivity index (χ0) is 33.0. The Morgan fingerprint density at radius 1 is 0.388 bits per heavy atom. The van der Waals surface area contributed by atoms with E-state index in [0.717, 1.165) is 28.2 Å². The monoisotopic (exact) mass is 642 g/mol. The van der Waals surface area contributed by atoms with Crippen LogP contribution in [0.15, 0.2) is 170 Å². The predicted octanol–water partition coefficient (Wildman–Crippen LogP) is 10.8. The third kappa shape index (κ3) is 5.02. The molecule has 0 spiro atoms. The molecular formula is C46H34N2Si. The highest BCUT2D eigenvalue weighted by Gasteiger charge is 2.39. The molecule has 3 heteroatoms. The predicted molar refractivity (Wildman–Crippen MR) is 209 cm³/mol. The van der Waals surface area contributed by atoms with Crippen LogP contribution in [0.2, 0.25) is 13.1 Å². The van der Waals surface area contributed by atoms with Gasteiger partial charge in [-0.3, -0.25) is 0 Å². The minimum Gasteiger partial charge on any atom is -0.228 e. The van der Waals surface area contributed by atoms with E-state index in [0.29, 0.717) is 0 Å². The summed E-state index contributed by atoms with van der Waals surface area (Å²) in [4.78, 5) is 10.6. The second kappa shape index (κ2) is 11.7. The summed E-state index contributed by atoms with van der Waals surface area (Å²) in [5.74, 6) is 0.754. The molecule has 0 aliphatic carbocycles. The normalized spacial score (nSPS) is 12.9. The van der Waals surface area contributed by atoms with Crippen molar-refractivity contribution in [1.29, 1.82) is 0 Å². The van der Waals surface area contributed by atoms with Crippen LogP contribution in [-0.2, 0) is 0 Å². The van der Waals surface area contributed by atoms with E-state index in [4.69, 9.17) is 9.97 Å². The zero-order valence-corrected chi connectivity index (χ0v) is 28.6. The van der Waals surface area contributed by atoms with Gasteiger partial charge < -0.3 is 0 Å². The smallest absolute Gasteiger partial charge is 0.160 e. The van der Waals surface area contributed by atoms with Gasteiger partial charge in [0.2, 0.25) is 0 Å². The second-order valence-corrected chi connectivity index (χ2v) is 17.7. The molecule has 1 aromatic heterocycles. The average Bonchev–Trinajstić information content (AvgIpc) is 3.41. The van der Waals surface area contributed by atoms with E-state index >= 15 is 0 Å². The fraction of sp³-hybridized carbons (Fsp3) is 0.0435. The largest absolute Gasteiger partial charge is 0.228 e.